The topological polar surface area (TPSA) is 9.23 Å². The zero-order chi connectivity index (χ0) is 7.56. The van der Waals surface area contributed by atoms with Crippen LogP contribution in [0.5, 0.6) is 0 Å². The quantitative estimate of drug-likeness (QED) is 0.575. The molecule has 0 aliphatic carbocycles. The fourth-order valence-electron chi connectivity index (χ4n) is 1.58. The maximum atomic E-state index is 5.58. The average Bonchev–Trinajstić information content (AvgIpc) is 2.13. The van der Waals surface area contributed by atoms with Gasteiger partial charge >= 0.3 is 0 Å². The maximum Gasteiger partial charge on any atom is 0.0581 e. The second-order valence-corrected chi connectivity index (χ2v) is 3.93. The summed E-state index contributed by atoms with van der Waals surface area (Å²) in [4.78, 5) is 0. The maximum absolute atomic E-state index is 5.58. The van der Waals surface area contributed by atoms with E-state index in [0.717, 1.165) is 18.4 Å². The van der Waals surface area contributed by atoms with Crippen LogP contribution in [0.4, 0.5) is 0 Å². The van der Waals surface area contributed by atoms with Gasteiger partial charge in [-0.15, -0.1) is 0 Å². The van der Waals surface area contributed by atoms with Crippen LogP contribution in [0, 0.1) is 11.8 Å². The summed E-state index contributed by atoms with van der Waals surface area (Å²) in [6.45, 7) is 7.76. The Kier molecular flexibility index (Phi) is 2.72. The molecule has 1 nitrogen and oxygen atoms in total. The molecule has 1 heterocycles. The SMILES string of the molecule is CC(C)C[C@H]1C[C@@H](C)CO1. The van der Waals surface area contributed by atoms with Crippen molar-refractivity contribution in [3.05, 3.63) is 0 Å². The Hall–Kier alpha value is -0.0400. The highest BCUT2D eigenvalue weighted by Crippen LogP contribution is 2.23. The fourth-order valence-corrected chi connectivity index (χ4v) is 1.58. The molecule has 0 radical (unpaired) electrons. The molecule has 0 saturated carbocycles. The predicted octanol–water partition coefficient (Wildman–Crippen LogP) is 2.46. The van der Waals surface area contributed by atoms with E-state index in [-0.39, 0.29) is 0 Å². The van der Waals surface area contributed by atoms with E-state index in [2.05, 4.69) is 20.8 Å². The highest BCUT2D eigenvalue weighted by atomic mass is 16.5. The summed E-state index contributed by atoms with van der Waals surface area (Å²) in [5.74, 6) is 1.58. The lowest BCUT2D eigenvalue weighted by Crippen LogP contribution is -2.08. The van der Waals surface area contributed by atoms with Crippen LogP contribution in [0.1, 0.15) is 33.6 Å². The van der Waals surface area contributed by atoms with Crippen molar-refractivity contribution < 1.29 is 4.74 Å². The van der Waals surface area contributed by atoms with Crippen LogP contribution < -0.4 is 0 Å². The fraction of sp³-hybridized carbons (Fsp3) is 1.00. The monoisotopic (exact) mass is 142 g/mol. The summed E-state index contributed by atoms with van der Waals surface area (Å²) in [5, 5.41) is 0. The lowest BCUT2D eigenvalue weighted by Gasteiger charge is -2.10. The lowest BCUT2D eigenvalue weighted by atomic mass is 10.0. The number of rotatable bonds is 2. The number of hydrogen-bond acceptors (Lipinski definition) is 1. The summed E-state index contributed by atoms with van der Waals surface area (Å²) in [6, 6.07) is 0. The van der Waals surface area contributed by atoms with Gasteiger partial charge in [0.05, 0.1) is 6.10 Å². The van der Waals surface area contributed by atoms with Gasteiger partial charge in [-0.25, -0.2) is 0 Å². The minimum Gasteiger partial charge on any atom is -0.378 e. The van der Waals surface area contributed by atoms with Gasteiger partial charge in [-0.1, -0.05) is 20.8 Å². The Morgan fingerprint density at radius 3 is 2.60 bits per heavy atom. The zero-order valence-corrected chi connectivity index (χ0v) is 7.26. The third kappa shape index (κ3) is 2.30. The van der Waals surface area contributed by atoms with Crippen molar-refractivity contribution >= 4 is 0 Å². The molecular weight excluding hydrogens is 124 g/mol. The largest absolute Gasteiger partial charge is 0.378 e. The molecule has 1 fully saturated rings. The van der Waals surface area contributed by atoms with Gasteiger partial charge in [-0.05, 0) is 24.7 Å². The molecule has 2 atom stereocenters. The van der Waals surface area contributed by atoms with Gasteiger partial charge in [0.1, 0.15) is 0 Å². The summed E-state index contributed by atoms with van der Waals surface area (Å²) < 4.78 is 5.58. The molecule has 60 valence electrons. The highest BCUT2D eigenvalue weighted by molar-refractivity contribution is 4.71. The van der Waals surface area contributed by atoms with Crippen molar-refractivity contribution in [3.63, 3.8) is 0 Å². The van der Waals surface area contributed by atoms with Crippen LogP contribution in [0.15, 0.2) is 0 Å². The Labute approximate surface area is 63.8 Å². The second-order valence-electron chi connectivity index (χ2n) is 3.93. The van der Waals surface area contributed by atoms with E-state index >= 15 is 0 Å². The summed E-state index contributed by atoms with van der Waals surface area (Å²) in [7, 11) is 0. The minimum atomic E-state index is 0.565. The second kappa shape index (κ2) is 3.38. The van der Waals surface area contributed by atoms with Gasteiger partial charge in [-0.3, -0.25) is 0 Å². The van der Waals surface area contributed by atoms with E-state index in [0.29, 0.717) is 6.10 Å². The molecule has 1 aliphatic rings. The molecule has 0 aromatic rings. The molecule has 0 amide bonds. The molecule has 10 heavy (non-hydrogen) atoms. The Morgan fingerprint density at radius 2 is 2.20 bits per heavy atom. The van der Waals surface area contributed by atoms with Crippen molar-refractivity contribution in [2.45, 2.75) is 39.7 Å². The average molecular weight is 142 g/mol. The molecule has 1 heteroatoms. The number of ether oxygens (including phenoxy) is 1. The smallest absolute Gasteiger partial charge is 0.0581 e. The molecule has 1 aliphatic heterocycles. The highest BCUT2D eigenvalue weighted by Gasteiger charge is 2.22. The van der Waals surface area contributed by atoms with Crippen molar-refractivity contribution in [1.82, 2.24) is 0 Å². The molecule has 0 aromatic carbocycles. The van der Waals surface area contributed by atoms with Gasteiger partial charge in [0, 0.05) is 6.61 Å². The van der Waals surface area contributed by atoms with Crippen LogP contribution in [-0.4, -0.2) is 12.7 Å². The molecular formula is C9H18O. The molecule has 1 saturated heterocycles. The summed E-state index contributed by atoms with van der Waals surface area (Å²) in [5.41, 5.74) is 0. The van der Waals surface area contributed by atoms with Crippen molar-refractivity contribution in [3.8, 4) is 0 Å². The lowest BCUT2D eigenvalue weighted by molar-refractivity contribution is 0.0911. The summed E-state index contributed by atoms with van der Waals surface area (Å²) >= 11 is 0. The van der Waals surface area contributed by atoms with Gasteiger partial charge in [0.25, 0.3) is 0 Å². The van der Waals surface area contributed by atoms with E-state index in [1.165, 1.54) is 12.8 Å². The van der Waals surface area contributed by atoms with Crippen LogP contribution in [0.3, 0.4) is 0 Å². The van der Waals surface area contributed by atoms with Crippen molar-refractivity contribution in [2.24, 2.45) is 11.8 Å². The third-order valence-corrected chi connectivity index (χ3v) is 2.02. The molecule has 0 unspecified atom stereocenters. The van der Waals surface area contributed by atoms with Gasteiger partial charge in [0.15, 0.2) is 0 Å². The minimum absolute atomic E-state index is 0.565. The molecule has 0 aromatic heterocycles. The van der Waals surface area contributed by atoms with E-state index in [1.54, 1.807) is 0 Å². The van der Waals surface area contributed by atoms with E-state index < -0.39 is 0 Å². The van der Waals surface area contributed by atoms with Gasteiger partial charge in [-0.2, -0.15) is 0 Å². The molecule has 0 spiro atoms. The number of hydrogen-bond donors (Lipinski definition) is 0. The Morgan fingerprint density at radius 1 is 1.50 bits per heavy atom. The molecule has 1 rings (SSSR count). The summed E-state index contributed by atoms with van der Waals surface area (Å²) in [6.07, 6.45) is 3.08. The first kappa shape index (κ1) is 8.06. The normalized spacial score (nSPS) is 33.6. The van der Waals surface area contributed by atoms with Gasteiger partial charge in [0.2, 0.25) is 0 Å². The van der Waals surface area contributed by atoms with E-state index in [1.807, 2.05) is 0 Å². The van der Waals surface area contributed by atoms with Crippen LogP contribution in [-0.2, 0) is 4.74 Å². The van der Waals surface area contributed by atoms with Crippen molar-refractivity contribution in [1.29, 1.82) is 0 Å². The predicted molar refractivity (Wildman–Crippen MR) is 43.0 cm³/mol. The van der Waals surface area contributed by atoms with Gasteiger partial charge < -0.3 is 4.74 Å². The standard InChI is InChI=1S/C9H18O/c1-7(2)4-9-5-8(3)6-10-9/h7-9H,4-6H2,1-3H3/t8-,9+/m1/s1. The van der Waals surface area contributed by atoms with Crippen LogP contribution in [0.25, 0.3) is 0 Å². The van der Waals surface area contributed by atoms with E-state index in [4.69, 9.17) is 4.74 Å². The van der Waals surface area contributed by atoms with Crippen LogP contribution >= 0.6 is 0 Å². The first-order valence-corrected chi connectivity index (χ1v) is 4.30. The Bertz CT molecular complexity index is 98.9. The first-order valence-electron chi connectivity index (χ1n) is 4.30. The molecule has 0 bridgehead atoms. The van der Waals surface area contributed by atoms with Crippen LogP contribution in [0.2, 0.25) is 0 Å². The van der Waals surface area contributed by atoms with E-state index in [9.17, 15) is 0 Å². The Balaban J connectivity index is 2.18. The van der Waals surface area contributed by atoms with Crippen molar-refractivity contribution in [2.75, 3.05) is 6.61 Å². The first-order chi connectivity index (χ1) is 4.68. The molecule has 0 N–H and O–H groups in total. The third-order valence-electron chi connectivity index (χ3n) is 2.02. The zero-order valence-electron chi connectivity index (χ0n) is 7.26.